The molecule has 2 N–H and O–H groups in total. The fourth-order valence-corrected chi connectivity index (χ4v) is 3.81. The van der Waals surface area contributed by atoms with Crippen LogP contribution in [0.15, 0.2) is 18.2 Å². The van der Waals surface area contributed by atoms with Crippen LogP contribution in [-0.2, 0) is 4.79 Å². The monoisotopic (exact) mass is 451 g/mol. The van der Waals surface area contributed by atoms with Crippen molar-refractivity contribution in [2.45, 2.75) is 31.5 Å². The molecule has 172 valence electrons. The quantitative estimate of drug-likeness (QED) is 0.636. The number of Topliss-reactive ketones (excluding diaryl/α,β-unsaturated/α-hetero) is 1. The van der Waals surface area contributed by atoms with Crippen molar-refractivity contribution in [3.05, 3.63) is 35.0 Å². The van der Waals surface area contributed by atoms with Crippen LogP contribution in [0.25, 0.3) is 0 Å². The van der Waals surface area contributed by atoms with Crippen molar-refractivity contribution in [1.82, 2.24) is 15.1 Å². The van der Waals surface area contributed by atoms with Gasteiger partial charge in [0, 0.05) is 12.6 Å². The molecule has 3 rings (SSSR count). The highest BCUT2D eigenvalue weighted by Crippen LogP contribution is 2.37. The third kappa shape index (κ3) is 4.96. The molecule has 1 aromatic heterocycles. The molecule has 0 spiro atoms. The molecule has 0 saturated carbocycles. The predicted molar refractivity (Wildman–Crippen MR) is 110 cm³/mol. The Morgan fingerprint density at radius 1 is 1.34 bits per heavy atom. The average Bonchev–Trinajstić information content (AvgIpc) is 3.39. The molecule has 32 heavy (non-hydrogen) atoms. The lowest BCUT2D eigenvalue weighted by atomic mass is 9.89. The van der Waals surface area contributed by atoms with Gasteiger partial charge in [0.15, 0.2) is 0 Å². The van der Waals surface area contributed by atoms with Crippen LogP contribution >= 0.6 is 0 Å². The van der Waals surface area contributed by atoms with Gasteiger partial charge in [0.25, 0.3) is 0 Å². The number of benzene rings is 1. The number of ketones is 1. The van der Waals surface area contributed by atoms with Crippen molar-refractivity contribution in [3.8, 4) is 17.6 Å². The number of ether oxygens (including phenoxy) is 2. The molecule has 1 aliphatic rings. The van der Waals surface area contributed by atoms with Crippen LogP contribution in [0, 0.1) is 11.3 Å². The third-order valence-corrected chi connectivity index (χ3v) is 5.27. The lowest BCUT2D eigenvalue weighted by Gasteiger charge is -2.16. The zero-order chi connectivity index (χ0) is 23.5. The van der Waals surface area contributed by atoms with Crippen molar-refractivity contribution in [3.63, 3.8) is 0 Å². The Morgan fingerprint density at radius 3 is 2.47 bits per heavy atom. The van der Waals surface area contributed by atoms with Gasteiger partial charge in [-0.05, 0) is 37.6 Å². The van der Waals surface area contributed by atoms with E-state index in [1.807, 2.05) is 6.07 Å². The molecule has 2 aromatic rings. The van der Waals surface area contributed by atoms with E-state index in [-0.39, 0.29) is 28.9 Å². The molecule has 1 saturated heterocycles. The summed E-state index contributed by atoms with van der Waals surface area (Å²) < 4.78 is 50.8. The first kappa shape index (κ1) is 23.4. The molecule has 11 heteroatoms. The van der Waals surface area contributed by atoms with Gasteiger partial charge in [0.2, 0.25) is 0 Å². The summed E-state index contributed by atoms with van der Waals surface area (Å²) in [4.78, 5) is 12.7. The summed E-state index contributed by atoms with van der Waals surface area (Å²) in [5, 5.41) is 19.8. The number of alkyl halides is 3. The number of rotatable bonds is 8. The molecule has 0 amide bonds. The molecule has 0 bridgehead atoms. The van der Waals surface area contributed by atoms with E-state index >= 15 is 0 Å². The number of carbonyl (C=O) groups excluding carboxylic acids is 1. The van der Waals surface area contributed by atoms with Crippen molar-refractivity contribution < 1.29 is 27.4 Å². The van der Waals surface area contributed by atoms with E-state index in [1.54, 1.807) is 18.2 Å². The van der Waals surface area contributed by atoms with Crippen molar-refractivity contribution in [1.29, 1.82) is 5.26 Å². The highest BCUT2D eigenvalue weighted by molar-refractivity contribution is 5.88. The summed E-state index contributed by atoms with van der Waals surface area (Å²) >= 11 is 0. The lowest BCUT2D eigenvalue weighted by Crippen LogP contribution is -2.25. The third-order valence-electron chi connectivity index (χ3n) is 5.27. The van der Waals surface area contributed by atoms with Gasteiger partial charge >= 0.3 is 6.18 Å². The Hall–Kier alpha value is -3.26. The normalized spacial score (nSPS) is 17.0. The number of hydrogen-bond acceptors (Lipinski definition) is 7. The number of halogens is 3. The number of anilines is 1. The van der Waals surface area contributed by atoms with E-state index < -0.39 is 18.6 Å². The zero-order valence-corrected chi connectivity index (χ0v) is 17.9. The Bertz CT molecular complexity index is 1000. The number of nitriles is 1. The molecule has 0 radical (unpaired) electrons. The van der Waals surface area contributed by atoms with Gasteiger partial charge in [-0.2, -0.15) is 23.5 Å². The minimum atomic E-state index is -4.49. The summed E-state index contributed by atoms with van der Waals surface area (Å²) in [5.74, 6) is -0.503. The Kier molecular flexibility index (Phi) is 6.93. The van der Waals surface area contributed by atoms with Gasteiger partial charge in [-0.1, -0.05) is 0 Å². The molecular weight excluding hydrogens is 427 g/mol. The maximum absolute atomic E-state index is 12.9. The van der Waals surface area contributed by atoms with Gasteiger partial charge in [-0.25, -0.2) is 4.68 Å². The Labute approximate surface area is 183 Å². The molecule has 8 nitrogen and oxygen atoms in total. The molecule has 2 unspecified atom stereocenters. The molecular formula is C21H24F3N5O3. The molecule has 2 heterocycles. The number of nitrogens with zero attached hydrogens (tertiary/aromatic N) is 3. The lowest BCUT2D eigenvalue weighted by molar-refractivity contribution is -0.117. The van der Waals surface area contributed by atoms with E-state index in [0.717, 1.165) is 0 Å². The predicted octanol–water partition coefficient (Wildman–Crippen LogP) is 3.00. The van der Waals surface area contributed by atoms with Gasteiger partial charge in [0.1, 0.15) is 41.3 Å². The second kappa shape index (κ2) is 9.48. The number of carbonyl (C=O) groups is 1. The summed E-state index contributed by atoms with van der Waals surface area (Å²) in [5.41, 5.74) is 0.455. The number of methoxy groups -OCH3 is 2. The van der Waals surface area contributed by atoms with E-state index in [2.05, 4.69) is 15.7 Å². The minimum Gasteiger partial charge on any atom is -0.497 e. The maximum atomic E-state index is 12.9. The smallest absolute Gasteiger partial charge is 0.405 e. The van der Waals surface area contributed by atoms with E-state index in [0.29, 0.717) is 36.6 Å². The van der Waals surface area contributed by atoms with Gasteiger partial charge in [0.05, 0.1) is 31.9 Å². The highest BCUT2D eigenvalue weighted by atomic mass is 19.4. The van der Waals surface area contributed by atoms with Crippen LogP contribution in [0.5, 0.6) is 11.5 Å². The second-order valence-corrected chi connectivity index (χ2v) is 7.47. The van der Waals surface area contributed by atoms with Crippen LogP contribution in [0.4, 0.5) is 19.0 Å². The minimum absolute atomic E-state index is 0.0466. The van der Waals surface area contributed by atoms with Gasteiger partial charge < -0.3 is 20.1 Å². The highest BCUT2D eigenvalue weighted by Gasteiger charge is 2.34. The fourth-order valence-electron chi connectivity index (χ4n) is 3.81. The molecule has 0 aliphatic carbocycles. The van der Waals surface area contributed by atoms with Crippen LogP contribution in [0.1, 0.15) is 42.1 Å². The average molecular weight is 451 g/mol. The first-order valence-electron chi connectivity index (χ1n) is 9.95. The van der Waals surface area contributed by atoms with Crippen molar-refractivity contribution >= 4 is 11.6 Å². The first-order chi connectivity index (χ1) is 15.2. The maximum Gasteiger partial charge on any atom is 0.405 e. The molecule has 1 fully saturated rings. The van der Waals surface area contributed by atoms with E-state index in [9.17, 15) is 23.2 Å². The van der Waals surface area contributed by atoms with Gasteiger partial charge in [-0.15, -0.1) is 0 Å². The van der Waals surface area contributed by atoms with Crippen LogP contribution in [-0.4, -0.2) is 55.6 Å². The molecule has 1 aromatic carbocycles. The fraction of sp³-hybridized carbons (Fsp3) is 0.476. The number of nitrogens with one attached hydrogen (secondary N) is 2. The largest absolute Gasteiger partial charge is 0.497 e. The van der Waals surface area contributed by atoms with Crippen LogP contribution in [0.2, 0.25) is 0 Å². The summed E-state index contributed by atoms with van der Waals surface area (Å²) in [6.45, 7) is 1.18. The standard InChI is InChI=1S/C21H24F3N5O3/c1-12(30)18(13-6-15(31-2)8-16(7-13)32-3)19-17(9-25)20(27-11-21(22,23)24)29(28-19)14-4-5-26-10-14/h6-8,14,18,26-27H,4-5,10-11H2,1-3H3. The zero-order valence-electron chi connectivity index (χ0n) is 17.9. The molecule has 2 atom stereocenters. The number of aromatic nitrogens is 2. The Balaban J connectivity index is 2.17. The van der Waals surface area contributed by atoms with Gasteiger partial charge in [-0.3, -0.25) is 4.79 Å². The van der Waals surface area contributed by atoms with E-state index in [4.69, 9.17) is 9.47 Å². The first-order valence-corrected chi connectivity index (χ1v) is 9.95. The summed E-state index contributed by atoms with van der Waals surface area (Å²) in [6.07, 6.45) is -3.86. The van der Waals surface area contributed by atoms with Crippen molar-refractivity contribution in [2.24, 2.45) is 0 Å². The van der Waals surface area contributed by atoms with Crippen LogP contribution in [0.3, 0.4) is 0 Å². The topological polar surface area (TPSA) is 101 Å². The summed E-state index contributed by atoms with van der Waals surface area (Å²) in [6, 6.07) is 6.58. The summed E-state index contributed by atoms with van der Waals surface area (Å²) in [7, 11) is 2.92. The second-order valence-electron chi connectivity index (χ2n) is 7.47. The molecule has 1 aliphatic heterocycles. The van der Waals surface area contributed by atoms with Crippen molar-refractivity contribution in [2.75, 3.05) is 39.2 Å². The Morgan fingerprint density at radius 2 is 2.00 bits per heavy atom. The van der Waals surface area contributed by atoms with E-state index in [1.165, 1.54) is 25.8 Å². The van der Waals surface area contributed by atoms with Crippen LogP contribution < -0.4 is 20.1 Å². The number of hydrogen-bond donors (Lipinski definition) is 2. The SMILES string of the molecule is COc1cc(OC)cc(C(C(C)=O)c2nn(C3CCNC3)c(NCC(F)(F)F)c2C#N)c1.